The molecule has 0 saturated heterocycles. The number of hydrogen-bond acceptors (Lipinski definition) is 3. The lowest BCUT2D eigenvalue weighted by atomic mass is 10.2. The van der Waals surface area contributed by atoms with Crippen molar-refractivity contribution < 1.29 is 14.7 Å². The number of nitrogens with zero attached hydrogens (tertiary/aromatic N) is 2. The van der Waals surface area contributed by atoms with Crippen LogP contribution in [0.1, 0.15) is 16.1 Å². The highest BCUT2D eigenvalue weighted by Crippen LogP contribution is 2.13. The average molecular weight is 271 g/mol. The zero-order valence-electron chi connectivity index (χ0n) is 10.8. The molecule has 0 unspecified atom stereocenters. The number of rotatable bonds is 4. The summed E-state index contributed by atoms with van der Waals surface area (Å²) in [6, 6.07) is 8.52. The molecule has 0 radical (unpaired) electrons. The topological polar surface area (TPSA) is 84.2 Å². The van der Waals surface area contributed by atoms with E-state index in [1.54, 1.807) is 43.6 Å². The number of aryl methyl sites for hydroxylation is 1. The van der Waals surface area contributed by atoms with Crippen molar-refractivity contribution in [3.05, 3.63) is 53.9 Å². The van der Waals surface area contributed by atoms with Gasteiger partial charge in [-0.2, -0.15) is 5.10 Å². The van der Waals surface area contributed by atoms with Crippen LogP contribution in [0.3, 0.4) is 0 Å². The summed E-state index contributed by atoms with van der Waals surface area (Å²) in [5.41, 5.74) is 1.72. The van der Waals surface area contributed by atoms with E-state index in [-0.39, 0.29) is 5.91 Å². The molecule has 0 fully saturated rings. The summed E-state index contributed by atoms with van der Waals surface area (Å²) in [7, 11) is 1.68. The average Bonchev–Trinajstić information content (AvgIpc) is 2.83. The molecule has 0 aliphatic carbocycles. The fourth-order valence-corrected chi connectivity index (χ4v) is 1.68. The van der Waals surface area contributed by atoms with Gasteiger partial charge in [0.05, 0.1) is 0 Å². The van der Waals surface area contributed by atoms with Gasteiger partial charge >= 0.3 is 5.97 Å². The van der Waals surface area contributed by atoms with Crippen molar-refractivity contribution >= 4 is 23.6 Å². The Bertz CT molecular complexity index is 674. The van der Waals surface area contributed by atoms with Crippen molar-refractivity contribution in [1.29, 1.82) is 0 Å². The third kappa shape index (κ3) is 3.32. The third-order valence-electron chi connectivity index (χ3n) is 2.62. The highest BCUT2D eigenvalue weighted by atomic mass is 16.4. The quantitative estimate of drug-likeness (QED) is 0.830. The van der Waals surface area contributed by atoms with Crippen LogP contribution in [0.4, 0.5) is 5.69 Å². The molecular weight excluding hydrogens is 258 g/mol. The van der Waals surface area contributed by atoms with Crippen molar-refractivity contribution in [3.8, 4) is 0 Å². The molecule has 0 aliphatic rings. The highest BCUT2D eigenvalue weighted by Gasteiger charge is 2.09. The molecule has 2 N–H and O–H groups in total. The van der Waals surface area contributed by atoms with Crippen LogP contribution in [0.2, 0.25) is 0 Å². The van der Waals surface area contributed by atoms with E-state index in [1.165, 1.54) is 10.8 Å². The molecule has 6 heteroatoms. The molecule has 6 nitrogen and oxygen atoms in total. The van der Waals surface area contributed by atoms with Gasteiger partial charge in [-0.3, -0.25) is 9.48 Å². The molecule has 1 aromatic carbocycles. The van der Waals surface area contributed by atoms with Crippen molar-refractivity contribution in [2.75, 3.05) is 5.32 Å². The van der Waals surface area contributed by atoms with Gasteiger partial charge in [-0.25, -0.2) is 4.79 Å². The van der Waals surface area contributed by atoms with Gasteiger partial charge in [0.25, 0.3) is 5.91 Å². The second-order valence-electron chi connectivity index (χ2n) is 4.09. The molecule has 102 valence electrons. The number of benzene rings is 1. The van der Waals surface area contributed by atoms with E-state index in [0.717, 1.165) is 6.08 Å². The van der Waals surface area contributed by atoms with Gasteiger partial charge in [0, 0.05) is 25.0 Å². The largest absolute Gasteiger partial charge is 0.478 e. The maximum Gasteiger partial charge on any atom is 0.328 e. The lowest BCUT2D eigenvalue weighted by molar-refractivity contribution is -0.131. The Kier molecular flexibility index (Phi) is 3.95. The number of carbonyl (C=O) groups excluding carboxylic acids is 1. The van der Waals surface area contributed by atoms with Crippen LogP contribution >= 0.6 is 0 Å². The maximum atomic E-state index is 12.0. The second-order valence-corrected chi connectivity index (χ2v) is 4.09. The van der Waals surface area contributed by atoms with Crippen LogP contribution in [-0.2, 0) is 11.8 Å². The summed E-state index contributed by atoms with van der Waals surface area (Å²) in [6.45, 7) is 0. The number of amides is 1. The molecule has 0 saturated carbocycles. The molecule has 2 aromatic rings. The Morgan fingerprint density at radius 3 is 2.80 bits per heavy atom. The van der Waals surface area contributed by atoms with Gasteiger partial charge < -0.3 is 10.4 Å². The smallest absolute Gasteiger partial charge is 0.328 e. The van der Waals surface area contributed by atoms with Crippen LogP contribution < -0.4 is 5.32 Å². The molecule has 0 spiro atoms. The Balaban J connectivity index is 2.14. The first kappa shape index (κ1) is 13.5. The second kappa shape index (κ2) is 5.83. The first-order valence-corrected chi connectivity index (χ1v) is 5.86. The minimum absolute atomic E-state index is 0.274. The Hall–Kier alpha value is -2.89. The molecule has 0 aliphatic heterocycles. The predicted octanol–water partition coefficient (Wildman–Crippen LogP) is 1.77. The number of nitrogens with one attached hydrogen (secondary N) is 1. The molecule has 1 heterocycles. The lowest BCUT2D eigenvalue weighted by Gasteiger charge is -2.06. The van der Waals surface area contributed by atoms with Crippen molar-refractivity contribution in [2.45, 2.75) is 0 Å². The van der Waals surface area contributed by atoms with E-state index >= 15 is 0 Å². The van der Waals surface area contributed by atoms with Gasteiger partial charge in [0.1, 0.15) is 5.69 Å². The predicted molar refractivity (Wildman–Crippen MR) is 74.3 cm³/mol. The number of carboxylic acids is 1. The molecule has 0 atom stereocenters. The van der Waals surface area contributed by atoms with Crippen molar-refractivity contribution in [1.82, 2.24) is 9.78 Å². The maximum absolute atomic E-state index is 12.0. The number of aromatic nitrogens is 2. The minimum Gasteiger partial charge on any atom is -0.478 e. The zero-order valence-corrected chi connectivity index (χ0v) is 10.8. The molecule has 2 rings (SSSR count). The Morgan fingerprint density at radius 2 is 2.15 bits per heavy atom. The fourth-order valence-electron chi connectivity index (χ4n) is 1.68. The van der Waals surface area contributed by atoms with Gasteiger partial charge in [-0.05, 0) is 29.8 Å². The normalized spacial score (nSPS) is 10.7. The molecular formula is C14H13N3O3. The number of hydrogen-bond donors (Lipinski definition) is 2. The summed E-state index contributed by atoms with van der Waals surface area (Å²) in [6.07, 6.45) is 4.05. The van der Waals surface area contributed by atoms with Gasteiger partial charge in [-0.1, -0.05) is 12.1 Å². The number of carbonyl (C=O) groups is 2. The number of anilines is 1. The first-order chi connectivity index (χ1) is 9.56. The summed E-state index contributed by atoms with van der Waals surface area (Å²) < 4.78 is 1.48. The van der Waals surface area contributed by atoms with E-state index in [2.05, 4.69) is 10.4 Å². The Labute approximate surface area is 115 Å². The van der Waals surface area contributed by atoms with E-state index in [4.69, 9.17) is 5.11 Å². The van der Waals surface area contributed by atoms with Crippen LogP contribution in [0.25, 0.3) is 6.08 Å². The number of aliphatic carboxylic acids is 1. The van der Waals surface area contributed by atoms with Crippen molar-refractivity contribution in [2.24, 2.45) is 7.05 Å². The van der Waals surface area contributed by atoms with Crippen LogP contribution in [-0.4, -0.2) is 26.8 Å². The fraction of sp³-hybridized carbons (Fsp3) is 0.0714. The molecule has 1 aromatic heterocycles. The van der Waals surface area contributed by atoms with Gasteiger partial charge in [0.15, 0.2) is 0 Å². The summed E-state index contributed by atoms with van der Waals surface area (Å²) in [4.78, 5) is 22.5. The Morgan fingerprint density at radius 1 is 1.35 bits per heavy atom. The minimum atomic E-state index is -1.02. The first-order valence-electron chi connectivity index (χ1n) is 5.86. The van der Waals surface area contributed by atoms with E-state index in [9.17, 15) is 9.59 Å². The van der Waals surface area contributed by atoms with E-state index < -0.39 is 5.97 Å². The highest BCUT2D eigenvalue weighted by molar-refractivity contribution is 6.03. The van der Waals surface area contributed by atoms with Crippen LogP contribution in [0.5, 0.6) is 0 Å². The summed E-state index contributed by atoms with van der Waals surface area (Å²) in [5, 5.41) is 15.2. The molecule has 0 bridgehead atoms. The third-order valence-corrected chi connectivity index (χ3v) is 2.62. The van der Waals surface area contributed by atoms with Gasteiger partial charge in [-0.15, -0.1) is 0 Å². The van der Waals surface area contributed by atoms with E-state index in [1.807, 2.05) is 0 Å². The monoisotopic (exact) mass is 271 g/mol. The van der Waals surface area contributed by atoms with Gasteiger partial charge in [0.2, 0.25) is 0 Å². The van der Waals surface area contributed by atoms with E-state index in [0.29, 0.717) is 16.9 Å². The standard InChI is InChI=1S/C14H13N3O3/c1-17-12(7-8-15-17)14(20)16-11-4-2-3-10(9-11)5-6-13(18)19/h2-9H,1H3,(H,16,20)(H,18,19). The molecule has 1 amide bonds. The molecule has 20 heavy (non-hydrogen) atoms. The summed E-state index contributed by atoms with van der Waals surface area (Å²) >= 11 is 0. The SMILES string of the molecule is Cn1nccc1C(=O)Nc1cccc(C=CC(=O)O)c1. The van der Waals surface area contributed by atoms with Crippen molar-refractivity contribution in [3.63, 3.8) is 0 Å². The summed E-state index contributed by atoms with van der Waals surface area (Å²) in [5.74, 6) is -1.29. The van der Waals surface area contributed by atoms with Crippen LogP contribution in [0.15, 0.2) is 42.6 Å². The number of carboxylic acid groups (broad SMARTS) is 1. The lowest BCUT2D eigenvalue weighted by Crippen LogP contribution is -2.16. The zero-order chi connectivity index (χ0) is 14.5. The van der Waals surface area contributed by atoms with Crippen LogP contribution in [0, 0.1) is 0 Å².